The van der Waals surface area contributed by atoms with Crippen LogP contribution in [0.15, 0.2) is 64.3 Å². The molecular formula is C19H19N5O5S. The van der Waals surface area contributed by atoms with Gasteiger partial charge in [-0.2, -0.15) is 5.10 Å². The Hall–Kier alpha value is -3.31. The van der Waals surface area contributed by atoms with Crippen molar-refractivity contribution in [3.05, 3.63) is 81.0 Å². The Labute approximate surface area is 172 Å². The van der Waals surface area contributed by atoms with Crippen LogP contribution in [0.5, 0.6) is 0 Å². The van der Waals surface area contributed by atoms with Gasteiger partial charge in [-0.1, -0.05) is 30.3 Å². The van der Waals surface area contributed by atoms with Crippen molar-refractivity contribution in [1.82, 2.24) is 19.1 Å². The molecule has 1 N–H and O–H groups in total. The summed E-state index contributed by atoms with van der Waals surface area (Å²) >= 11 is 0. The maximum Gasteiger partial charge on any atom is 0.350 e. The maximum absolute atomic E-state index is 12.9. The van der Waals surface area contributed by atoms with E-state index in [4.69, 9.17) is 0 Å². The molecule has 0 saturated heterocycles. The van der Waals surface area contributed by atoms with Crippen LogP contribution in [-0.4, -0.2) is 34.2 Å². The molecule has 0 bridgehead atoms. The molecular weight excluding hydrogens is 410 g/mol. The molecule has 0 atom stereocenters. The zero-order valence-corrected chi connectivity index (χ0v) is 16.7. The van der Waals surface area contributed by atoms with Gasteiger partial charge >= 0.3 is 5.69 Å². The van der Waals surface area contributed by atoms with E-state index in [0.29, 0.717) is 11.5 Å². The first kappa shape index (κ1) is 20.0. The number of nitrogens with one attached hydrogen (secondary N) is 1. The van der Waals surface area contributed by atoms with Crippen LogP contribution in [0, 0.1) is 10.1 Å². The summed E-state index contributed by atoms with van der Waals surface area (Å²) in [4.78, 5) is 22.8. The lowest BCUT2D eigenvalue weighted by atomic mass is 10.3. The fourth-order valence-corrected chi connectivity index (χ4v) is 4.39. The van der Waals surface area contributed by atoms with Crippen LogP contribution in [0.4, 0.5) is 5.69 Å². The number of benzene rings is 2. The molecule has 1 fully saturated rings. The molecule has 10 nitrogen and oxygen atoms in total. The van der Waals surface area contributed by atoms with Gasteiger partial charge in [0.2, 0.25) is 10.0 Å². The number of nitro groups is 1. The average molecular weight is 429 g/mol. The number of para-hydroxylation sites is 2. The van der Waals surface area contributed by atoms with Crippen LogP contribution < -0.4 is 10.4 Å². The zero-order chi connectivity index (χ0) is 21.3. The Morgan fingerprint density at radius 3 is 2.43 bits per heavy atom. The largest absolute Gasteiger partial charge is 0.350 e. The summed E-state index contributed by atoms with van der Waals surface area (Å²) in [7, 11) is -4.12. The molecule has 1 aliphatic rings. The number of hydrogen-bond donors (Lipinski definition) is 1. The Bertz CT molecular complexity index is 1250. The van der Waals surface area contributed by atoms with Crippen LogP contribution in [-0.2, 0) is 16.6 Å². The average Bonchev–Trinajstić information content (AvgIpc) is 3.53. The summed E-state index contributed by atoms with van der Waals surface area (Å²) in [5, 5.41) is 15.5. The van der Waals surface area contributed by atoms with E-state index in [-0.39, 0.29) is 24.7 Å². The number of rotatable bonds is 8. The quantitative estimate of drug-likeness (QED) is 0.429. The molecule has 30 heavy (non-hydrogen) atoms. The van der Waals surface area contributed by atoms with Gasteiger partial charge in [0.1, 0.15) is 5.82 Å². The second-order valence-corrected chi connectivity index (χ2v) is 8.67. The number of sulfonamides is 1. The summed E-state index contributed by atoms with van der Waals surface area (Å²) in [6.07, 6.45) is 1.90. The molecule has 0 radical (unpaired) electrons. The highest BCUT2D eigenvalue weighted by atomic mass is 32.2. The zero-order valence-electron chi connectivity index (χ0n) is 15.8. The van der Waals surface area contributed by atoms with Crippen molar-refractivity contribution in [2.45, 2.75) is 30.2 Å². The van der Waals surface area contributed by atoms with E-state index in [2.05, 4.69) is 9.82 Å². The smallest absolute Gasteiger partial charge is 0.258 e. The topological polar surface area (TPSA) is 129 Å². The van der Waals surface area contributed by atoms with Crippen molar-refractivity contribution in [3.63, 3.8) is 0 Å². The van der Waals surface area contributed by atoms with Crippen molar-refractivity contribution in [2.75, 3.05) is 6.54 Å². The summed E-state index contributed by atoms with van der Waals surface area (Å²) < 4.78 is 30.1. The molecule has 1 aliphatic carbocycles. The first-order valence-electron chi connectivity index (χ1n) is 9.37. The molecule has 0 amide bonds. The van der Waals surface area contributed by atoms with Gasteiger partial charge in [0, 0.05) is 18.5 Å². The Kier molecular flexibility index (Phi) is 5.22. The summed E-state index contributed by atoms with van der Waals surface area (Å²) in [6.45, 7) is -0.136. The Balaban J connectivity index is 1.55. The number of aromatic nitrogens is 3. The summed E-state index contributed by atoms with van der Waals surface area (Å²) in [5.41, 5.74) is -0.157. The van der Waals surface area contributed by atoms with Gasteiger partial charge in [-0.3, -0.25) is 10.1 Å². The van der Waals surface area contributed by atoms with Crippen LogP contribution in [0.3, 0.4) is 0 Å². The van der Waals surface area contributed by atoms with Crippen molar-refractivity contribution < 1.29 is 13.3 Å². The van der Waals surface area contributed by atoms with Gasteiger partial charge < -0.3 is 0 Å². The predicted octanol–water partition coefficient (Wildman–Crippen LogP) is 1.80. The molecule has 1 saturated carbocycles. The van der Waals surface area contributed by atoms with Gasteiger partial charge in [0.15, 0.2) is 4.90 Å². The molecule has 1 aromatic heterocycles. The number of nitro benzene ring substituents is 1. The minimum atomic E-state index is -4.12. The lowest BCUT2D eigenvalue weighted by Gasteiger charge is -2.07. The second-order valence-electron chi connectivity index (χ2n) is 6.93. The van der Waals surface area contributed by atoms with E-state index in [1.807, 2.05) is 30.3 Å². The van der Waals surface area contributed by atoms with Crippen LogP contribution in [0.25, 0.3) is 5.69 Å². The fraction of sp³-hybridized carbons (Fsp3) is 0.263. The molecule has 156 valence electrons. The van der Waals surface area contributed by atoms with Crippen molar-refractivity contribution >= 4 is 15.7 Å². The molecule has 11 heteroatoms. The Morgan fingerprint density at radius 2 is 1.77 bits per heavy atom. The van der Waals surface area contributed by atoms with Crippen LogP contribution in [0.2, 0.25) is 0 Å². The number of hydrogen-bond acceptors (Lipinski definition) is 6. The highest BCUT2D eigenvalue weighted by molar-refractivity contribution is 7.89. The van der Waals surface area contributed by atoms with Gasteiger partial charge in [-0.05, 0) is 31.0 Å². The molecule has 0 unspecified atom stereocenters. The van der Waals surface area contributed by atoms with Crippen LogP contribution in [0.1, 0.15) is 24.6 Å². The molecule has 3 aromatic rings. The molecule has 4 rings (SSSR count). The second kappa shape index (κ2) is 7.84. The van der Waals surface area contributed by atoms with E-state index in [1.54, 1.807) is 4.57 Å². The molecule has 0 aliphatic heterocycles. The third kappa shape index (κ3) is 3.89. The fourth-order valence-electron chi connectivity index (χ4n) is 3.19. The summed E-state index contributed by atoms with van der Waals surface area (Å²) in [5.74, 6) is 0.871. The van der Waals surface area contributed by atoms with Crippen molar-refractivity contribution in [2.24, 2.45) is 0 Å². The normalized spacial score (nSPS) is 14.0. The van der Waals surface area contributed by atoms with Gasteiger partial charge in [0.05, 0.1) is 17.2 Å². The van der Waals surface area contributed by atoms with Gasteiger partial charge in [-0.15, -0.1) is 0 Å². The van der Waals surface area contributed by atoms with Crippen molar-refractivity contribution in [3.8, 4) is 5.69 Å². The summed E-state index contributed by atoms with van der Waals surface area (Å²) in [6, 6.07) is 14.3. The Morgan fingerprint density at radius 1 is 1.10 bits per heavy atom. The first-order chi connectivity index (χ1) is 14.4. The minimum Gasteiger partial charge on any atom is -0.258 e. The monoisotopic (exact) mass is 429 g/mol. The molecule has 2 aromatic carbocycles. The van der Waals surface area contributed by atoms with Crippen LogP contribution >= 0.6 is 0 Å². The first-order valence-corrected chi connectivity index (χ1v) is 10.8. The van der Waals surface area contributed by atoms with E-state index >= 15 is 0 Å². The third-order valence-corrected chi connectivity index (χ3v) is 6.30. The predicted molar refractivity (Wildman–Crippen MR) is 108 cm³/mol. The van der Waals surface area contributed by atoms with E-state index in [1.165, 1.54) is 22.9 Å². The van der Waals surface area contributed by atoms with E-state index < -0.39 is 25.5 Å². The van der Waals surface area contributed by atoms with Gasteiger partial charge in [0.25, 0.3) is 5.69 Å². The third-order valence-electron chi connectivity index (χ3n) is 4.79. The van der Waals surface area contributed by atoms with Crippen molar-refractivity contribution in [1.29, 1.82) is 0 Å². The minimum absolute atomic E-state index is 0.00174. The lowest BCUT2D eigenvalue weighted by molar-refractivity contribution is -0.387. The lowest BCUT2D eigenvalue weighted by Crippen LogP contribution is -2.32. The SMILES string of the molecule is O=c1n(CCNS(=O)(=O)c2ccccc2[N+](=O)[O-])nc(C2CC2)n1-c1ccccc1. The maximum atomic E-state index is 12.9. The molecule has 1 heterocycles. The molecule has 0 spiro atoms. The highest BCUT2D eigenvalue weighted by Gasteiger charge is 2.31. The number of nitrogens with zero attached hydrogens (tertiary/aromatic N) is 4. The van der Waals surface area contributed by atoms with E-state index in [0.717, 1.165) is 18.9 Å². The highest BCUT2D eigenvalue weighted by Crippen LogP contribution is 2.39. The van der Waals surface area contributed by atoms with Gasteiger partial charge in [-0.25, -0.2) is 27.2 Å². The standard InChI is InChI=1S/C19H19N5O5S/c25-19-22(21-18(14-10-11-14)23(19)15-6-2-1-3-7-15)13-12-20-30(28,29)17-9-5-4-8-16(17)24(26)27/h1-9,14,20H,10-13H2. The van der Waals surface area contributed by atoms with E-state index in [9.17, 15) is 23.3 Å².